The van der Waals surface area contributed by atoms with E-state index < -0.39 is 26.3 Å². The summed E-state index contributed by atoms with van der Waals surface area (Å²) in [6.07, 6.45) is 6.54. The molecule has 0 bridgehead atoms. The molecule has 0 heterocycles. The number of hydrogen-bond donors (Lipinski definition) is 1. The van der Waals surface area contributed by atoms with Gasteiger partial charge < -0.3 is 5.11 Å². The van der Waals surface area contributed by atoms with E-state index in [1.54, 1.807) is 0 Å². The molecule has 202 valence electrons. The number of aliphatic imine (C=N–C) groups is 1. The van der Waals surface area contributed by atoms with Gasteiger partial charge in [-0.2, -0.15) is 0 Å². The van der Waals surface area contributed by atoms with E-state index in [0.717, 1.165) is 39.8 Å². The Hall–Kier alpha value is -2.19. The van der Waals surface area contributed by atoms with Crippen LogP contribution in [0.1, 0.15) is 68.7 Å². The van der Waals surface area contributed by atoms with E-state index in [0.29, 0.717) is 0 Å². The van der Waals surface area contributed by atoms with Crippen molar-refractivity contribution in [2.45, 2.75) is 57.9 Å². The van der Waals surface area contributed by atoms with Crippen LogP contribution in [0.25, 0.3) is 11.1 Å². The Balaban J connectivity index is 0.00000134. The van der Waals surface area contributed by atoms with Crippen LogP contribution in [0.2, 0.25) is 0 Å². The molecule has 39 heavy (non-hydrogen) atoms. The molecule has 2 nitrogen and oxygen atoms in total. The number of halogens is 2. The minimum absolute atomic E-state index is 0.217. The molecule has 0 saturated carbocycles. The second-order valence-electron chi connectivity index (χ2n) is 9.88. The van der Waals surface area contributed by atoms with Crippen LogP contribution in [0.15, 0.2) is 108 Å². The summed E-state index contributed by atoms with van der Waals surface area (Å²) in [4.78, 5) is 4.85. The van der Waals surface area contributed by atoms with E-state index in [-0.39, 0.29) is 11.8 Å². The van der Waals surface area contributed by atoms with Crippen LogP contribution < -0.4 is 0 Å². The van der Waals surface area contributed by atoms with Crippen LogP contribution in [-0.4, -0.2) is 17.4 Å². The van der Waals surface area contributed by atoms with Crippen LogP contribution in [-0.2, 0) is 26.3 Å². The zero-order valence-corrected chi connectivity index (χ0v) is 26.9. The summed E-state index contributed by atoms with van der Waals surface area (Å²) in [6, 6.07) is 35.7. The van der Waals surface area contributed by atoms with Crippen LogP contribution >= 0.6 is 17.0 Å². The van der Waals surface area contributed by atoms with E-state index in [1.165, 1.54) is 19.3 Å². The molecule has 0 aliphatic rings. The summed E-state index contributed by atoms with van der Waals surface area (Å²) in [7, 11) is 9.87. The van der Waals surface area contributed by atoms with E-state index in [2.05, 4.69) is 106 Å². The third-order valence-corrected chi connectivity index (χ3v) is 7.18. The molecular formula is C34H37Cl2NOZr. The van der Waals surface area contributed by atoms with Gasteiger partial charge in [0, 0.05) is 28.8 Å². The van der Waals surface area contributed by atoms with Crippen molar-refractivity contribution in [2.24, 2.45) is 4.99 Å². The molecule has 0 aromatic heterocycles. The van der Waals surface area contributed by atoms with Crippen molar-refractivity contribution >= 4 is 23.2 Å². The molecular weight excluding hydrogens is 601 g/mol. The SMILES string of the molecule is CCCCCC(C)N=Cc1cc(-c2ccccc2)cc(C(C)(c2ccccc2)c2ccccc2)c1O.[Cl][Zr][Cl]. The van der Waals surface area contributed by atoms with Gasteiger partial charge in [-0.15, -0.1) is 0 Å². The molecule has 0 aliphatic heterocycles. The normalized spacial score (nSPS) is 12.0. The first-order valence-electron chi connectivity index (χ1n) is 13.5. The van der Waals surface area contributed by atoms with Crippen LogP contribution in [0.5, 0.6) is 5.75 Å². The first kappa shape index (κ1) is 31.3. The fourth-order valence-electron chi connectivity index (χ4n) is 4.93. The van der Waals surface area contributed by atoms with E-state index in [9.17, 15) is 5.11 Å². The maximum absolute atomic E-state index is 11.8. The molecule has 1 atom stereocenters. The molecule has 5 heteroatoms. The van der Waals surface area contributed by atoms with Gasteiger partial charge in [-0.05, 0) is 54.7 Å². The molecule has 0 aliphatic carbocycles. The first-order valence-corrected chi connectivity index (χ1v) is 19.8. The summed E-state index contributed by atoms with van der Waals surface area (Å²) in [5.41, 5.74) is 5.54. The van der Waals surface area contributed by atoms with Crippen molar-refractivity contribution in [3.63, 3.8) is 0 Å². The van der Waals surface area contributed by atoms with Gasteiger partial charge >= 0.3 is 37.9 Å². The Morgan fingerprint density at radius 1 is 0.821 bits per heavy atom. The van der Waals surface area contributed by atoms with Crippen LogP contribution in [0.4, 0.5) is 0 Å². The molecule has 0 saturated heterocycles. The summed E-state index contributed by atoms with van der Waals surface area (Å²) in [5.74, 6) is 0.286. The van der Waals surface area contributed by atoms with E-state index in [4.69, 9.17) is 22.0 Å². The Morgan fingerprint density at radius 3 is 1.85 bits per heavy atom. The Bertz CT molecular complexity index is 1260. The van der Waals surface area contributed by atoms with Crippen molar-refractivity contribution in [3.8, 4) is 16.9 Å². The van der Waals surface area contributed by atoms with Gasteiger partial charge in [0.15, 0.2) is 0 Å². The minimum atomic E-state index is -0.826. The zero-order chi connectivity index (χ0) is 28.1. The number of unbranched alkanes of at least 4 members (excludes halogenated alkanes) is 2. The fraction of sp³-hybridized carbons (Fsp3) is 0.265. The summed E-state index contributed by atoms with van der Waals surface area (Å²) >= 11 is -0.826. The zero-order valence-electron chi connectivity index (χ0n) is 22.9. The molecule has 0 radical (unpaired) electrons. The number of benzene rings is 4. The Morgan fingerprint density at radius 2 is 1.33 bits per heavy atom. The molecule has 0 fully saturated rings. The predicted molar refractivity (Wildman–Crippen MR) is 165 cm³/mol. The molecule has 0 amide bonds. The number of phenolic OH excluding ortho intramolecular Hbond substituents is 1. The summed E-state index contributed by atoms with van der Waals surface area (Å²) in [5, 5.41) is 11.8. The van der Waals surface area contributed by atoms with Crippen LogP contribution in [0.3, 0.4) is 0 Å². The number of hydrogen-bond acceptors (Lipinski definition) is 2. The molecule has 1 unspecified atom stereocenters. The first-order chi connectivity index (χ1) is 18.9. The number of rotatable bonds is 10. The number of phenols is 1. The van der Waals surface area contributed by atoms with Gasteiger partial charge in [-0.25, -0.2) is 0 Å². The van der Waals surface area contributed by atoms with Crippen molar-refractivity contribution in [1.29, 1.82) is 0 Å². The van der Waals surface area contributed by atoms with Gasteiger partial charge in [0.25, 0.3) is 0 Å². The van der Waals surface area contributed by atoms with E-state index in [1.807, 2.05) is 24.4 Å². The van der Waals surface area contributed by atoms with E-state index >= 15 is 0 Å². The molecule has 1 N–H and O–H groups in total. The van der Waals surface area contributed by atoms with Gasteiger partial charge in [0.2, 0.25) is 0 Å². The third kappa shape index (κ3) is 8.40. The van der Waals surface area contributed by atoms with Crippen molar-refractivity contribution in [1.82, 2.24) is 0 Å². The maximum atomic E-state index is 11.8. The van der Waals surface area contributed by atoms with Crippen molar-refractivity contribution in [2.75, 3.05) is 0 Å². The van der Waals surface area contributed by atoms with Crippen molar-refractivity contribution in [3.05, 3.63) is 125 Å². The molecule has 4 rings (SSSR count). The number of nitrogens with zero attached hydrogens (tertiary/aromatic N) is 1. The second kappa shape index (κ2) is 16.2. The average molecular weight is 638 g/mol. The standard InChI is InChI=1S/C34H37NO.2ClH.Zr/c1-4-5-9-16-26(2)35-25-29-23-28(27-17-10-6-11-18-27)24-32(33(29)36)34(3,30-19-12-7-13-20-30)31-21-14-8-15-22-31;;;/h6-8,10-15,17-26,36H,4-5,9,16H2,1-3H3;2*1H;/q;;;+2/p-2. The fourth-order valence-corrected chi connectivity index (χ4v) is 4.93. The van der Waals surface area contributed by atoms with Gasteiger partial charge in [0.1, 0.15) is 5.75 Å². The molecule has 4 aromatic carbocycles. The monoisotopic (exact) mass is 635 g/mol. The molecule has 0 spiro atoms. The topological polar surface area (TPSA) is 32.6 Å². The van der Waals surface area contributed by atoms with Gasteiger partial charge in [-0.3, -0.25) is 4.99 Å². The third-order valence-electron chi connectivity index (χ3n) is 7.18. The second-order valence-corrected chi connectivity index (χ2v) is 13.6. The summed E-state index contributed by atoms with van der Waals surface area (Å²) < 4.78 is 0. The van der Waals surface area contributed by atoms with Crippen molar-refractivity contribution < 1.29 is 26.0 Å². The Labute approximate surface area is 252 Å². The van der Waals surface area contributed by atoms with Crippen LogP contribution in [0, 0.1) is 0 Å². The predicted octanol–water partition coefficient (Wildman–Crippen LogP) is 10.2. The summed E-state index contributed by atoms with van der Waals surface area (Å²) in [6.45, 7) is 6.58. The Kier molecular flexibility index (Phi) is 13.0. The molecule has 4 aromatic rings. The average Bonchev–Trinajstić information content (AvgIpc) is 2.98. The van der Waals surface area contributed by atoms with Gasteiger partial charge in [-0.1, -0.05) is 117 Å². The number of aromatic hydroxyl groups is 1. The van der Waals surface area contributed by atoms with Gasteiger partial charge in [0.05, 0.1) is 0 Å². The quantitative estimate of drug-likeness (QED) is 0.105.